The van der Waals surface area contributed by atoms with Crippen LogP contribution in [0.3, 0.4) is 0 Å². The minimum Gasteiger partial charge on any atom is -0.379 e. The number of hydrogen-bond acceptors (Lipinski definition) is 11. The Morgan fingerprint density at radius 2 is 1.63 bits per heavy atom. The Labute approximate surface area is 327 Å². The van der Waals surface area contributed by atoms with Crippen LogP contribution in [0.15, 0.2) is 96.2 Å². The van der Waals surface area contributed by atoms with E-state index >= 15 is 0 Å². The van der Waals surface area contributed by atoms with E-state index in [2.05, 4.69) is 108 Å². The molecule has 7 rings (SSSR count). The first-order valence-electron chi connectivity index (χ1n) is 18.8. The van der Waals surface area contributed by atoms with Crippen molar-refractivity contribution in [3.05, 3.63) is 112 Å². The summed E-state index contributed by atoms with van der Waals surface area (Å²) in [6, 6.07) is 28.9. The predicted molar refractivity (Wildman–Crippen MR) is 223 cm³/mol. The molecule has 4 aromatic carbocycles. The number of aromatic nitrogens is 2. The fraction of sp³-hybridized carbons (Fsp3) is 0.366. The molecule has 0 spiro atoms. The molecule has 54 heavy (non-hydrogen) atoms. The van der Waals surface area contributed by atoms with Crippen LogP contribution in [-0.2, 0) is 6.54 Å². The van der Waals surface area contributed by atoms with Gasteiger partial charge in [0.15, 0.2) is 0 Å². The molecule has 2 aliphatic heterocycles. The number of anilines is 3. The molecule has 2 saturated heterocycles. The van der Waals surface area contributed by atoms with Gasteiger partial charge in [0.1, 0.15) is 17.8 Å². The van der Waals surface area contributed by atoms with Crippen LogP contribution in [0.5, 0.6) is 0 Å². The third kappa shape index (κ3) is 9.42. The molecule has 1 aromatic heterocycles. The third-order valence-electron chi connectivity index (χ3n) is 10.5. The van der Waals surface area contributed by atoms with E-state index in [9.17, 15) is 10.1 Å². The number of benzene rings is 4. The first-order valence-corrected chi connectivity index (χ1v) is 20.0. The highest BCUT2D eigenvalue weighted by atomic mass is 35.5. The Kier molecular flexibility index (Phi) is 12.5. The number of fused-ring (bicyclic) bond motifs is 1. The number of halogens is 1. The van der Waals surface area contributed by atoms with Crippen molar-refractivity contribution in [1.29, 1.82) is 0 Å². The van der Waals surface area contributed by atoms with Gasteiger partial charge in [-0.05, 0) is 97.9 Å². The largest absolute Gasteiger partial charge is 0.379 e. The second-order valence-electron chi connectivity index (χ2n) is 14.2. The van der Waals surface area contributed by atoms with E-state index in [4.69, 9.17) is 11.6 Å². The zero-order valence-corrected chi connectivity index (χ0v) is 32.5. The lowest BCUT2D eigenvalue weighted by atomic mass is 9.99. The standard InChI is InChI=1S/C41H48ClN9O2S/c1-30(2)49-22-18-47(19-23-49)17-5-16-43-38-15-13-35(27-40(38)51(52)53)54-46-41-37-14-12-34(26-39(37)44-29-45-41)50-24-20-48(21-25-50)28-32-6-3-4-7-36(32)31-8-10-33(42)11-9-31/h3-4,6-15,26-27,29-30,43H,5,16-25,28H2,1-2H3,(H,44,45,46). The van der Waals surface area contributed by atoms with Crippen LogP contribution in [-0.4, -0.2) is 101 Å². The van der Waals surface area contributed by atoms with Crippen LogP contribution in [0.2, 0.25) is 5.02 Å². The topological polar surface area (TPSA) is 106 Å². The zero-order valence-electron chi connectivity index (χ0n) is 31.0. The molecule has 0 saturated carbocycles. The van der Waals surface area contributed by atoms with Gasteiger partial charge in [0.2, 0.25) is 0 Å². The van der Waals surface area contributed by atoms with E-state index in [1.165, 1.54) is 28.6 Å². The second-order valence-corrected chi connectivity index (χ2v) is 15.6. The average molecular weight is 766 g/mol. The van der Waals surface area contributed by atoms with Crippen LogP contribution < -0.4 is 14.9 Å². The molecule has 0 aliphatic carbocycles. The summed E-state index contributed by atoms with van der Waals surface area (Å²) in [4.78, 5) is 31.4. The normalized spacial score (nSPS) is 15.9. The number of nitro benzene ring substituents is 1. The summed E-state index contributed by atoms with van der Waals surface area (Å²) in [6.45, 7) is 15.1. The van der Waals surface area contributed by atoms with Gasteiger partial charge in [-0.25, -0.2) is 9.97 Å². The molecular weight excluding hydrogens is 718 g/mol. The molecule has 13 heteroatoms. The predicted octanol–water partition coefficient (Wildman–Crippen LogP) is 8.13. The molecule has 2 N–H and O–H groups in total. The van der Waals surface area contributed by atoms with E-state index in [1.807, 2.05) is 18.2 Å². The highest BCUT2D eigenvalue weighted by Gasteiger charge is 2.21. The summed E-state index contributed by atoms with van der Waals surface area (Å²) in [6.07, 6.45) is 2.49. The fourth-order valence-electron chi connectivity index (χ4n) is 7.31. The number of nitrogens with one attached hydrogen (secondary N) is 2. The van der Waals surface area contributed by atoms with Crippen molar-refractivity contribution in [2.45, 2.75) is 37.8 Å². The quantitative estimate of drug-likeness (QED) is 0.0496. The van der Waals surface area contributed by atoms with Crippen molar-refractivity contribution in [3.63, 3.8) is 0 Å². The van der Waals surface area contributed by atoms with Gasteiger partial charge >= 0.3 is 0 Å². The molecule has 5 aromatic rings. The molecule has 0 unspecified atom stereocenters. The summed E-state index contributed by atoms with van der Waals surface area (Å²) in [5.74, 6) is 0.666. The van der Waals surface area contributed by atoms with Gasteiger partial charge in [0.05, 0.1) is 10.4 Å². The minimum atomic E-state index is -0.320. The van der Waals surface area contributed by atoms with E-state index in [0.29, 0.717) is 24.1 Å². The van der Waals surface area contributed by atoms with Crippen LogP contribution in [0.4, 0.5) is 22.9 Å². The molecule has 282 valence electrons. The Balaban J connectivity index is 0.920. The number of rotatable bonds is 14. The molecule has 0 atom stereocenters. The Morgan fingerprint density at radius 3 is 2.39 bits per heavy atom. The molecule has 0 amide bonds. The van der Waals surface area contributed by atoms with Crippen molar-refractivity contribution in [2.75, 3.05) is 80.4 Å². The van der Waals surface area contributed by atoms with Crippen molar-refractivity contribution < 1.29 is 4.92 Å². The van der Waals surface area contributed by atoms with E-state index in [-0.39, 0.29) is 10.6 Å². The van der Waals surface area contributed by atoms with E-state index in [0.717, 1.165) is 98.4 Å². The average Bonchev–Trinajstić information content (AvgIpc) is 3.19. The summed E-state index contributed by atoms with van der Waals surface area (Å²) in [5.41, 5.74) is 6.32. The van der Waals surface area contributed by atoms with Crippen LogP contribution in [0.1, 0.15) is 25.8 Å². The van der Waals surface area contributed by atoms with Gasteiger partial charge in [0.25, 0.3) is 5.69 Å². The highest BCUT2D eigenvalue weighted by molar-refractivity contribution is 8.00. The van der Waals surface area contributed by atoms with Crippen LogP contribution in [0, 0.1) is 10.1 Å². The maximum atomic E-state index is 12.0. The zero-order chi connectivity index (χ0) is 37.4. The SMILES string of the molecule is CC(C)N1CCN(CCCNc2ccc(SNc3ncnc4cc(N5CCN(Cc6ccccc6-c6ccc(Cl)cc6)CC5)ccc34)cc2[N+](=O)[O-])CC1. The number of nitro groups is 1. The van der Waals surface area contributed by atoms with Gasteiger partial charge in [-0.3, -0.25) is 19.9 Å². The van der Waals surface area contributed by atoms with E-state index < -0.39 is 0 Å². The number of piperazine rings is 2. The minimum absolute atomic E-state index is 0.0652. The summed E-state index contributed by atoms with van der Waals surface area (Å²) < 4.78 is 3.32. The molecule has 2 fully saturated rings. The second kappa shape index (κ2) is 17.8. The molecule has 0 bridgehead atoms. The van der Waals surface area contributed by atoms with Crippen molar-refractivity contribution in [3.8, 4) is 11.1 Å². The maximum Gasteiger partial charge on any atom is 0.293 e. The fourth-order valence-corrected chi connectivity index (χ4v) is 8.12. The smallest absolute Gasteiger partial charge is 0.293 e. The summed E-state index contributed by atoms with van der Waals surface area (Å²) in [5, 5.41) is 17.0. The summed E-state index contributed by atoms with van der Waals surface area (Å²) >= 11 is 7.45. The van der Waals surface area contributed by atoms with Gasteiger partial charge in [-0.15, -0.1) is 0 Å². The van der Waals surface area contributed by atoms with Gasteiger partial charge in [-0.1, -0.05) is 48.0 Å². The Bertz CT molecular complexity index is 2030. The van der Waals surface area contributed by atoms with Gasteiger partial charge in [0, 0.05) is 98.5 Å². The lowest BCUT2D eigenvalue weighted by Gasteiger charge is -2.36. The molecule has 2 aliphatic rings. The van der Waals surface area contributed by atoms with Crippen molar-refractivity contribution in [1.82, 2.24) is 24.7 Å². The third-order valence-corrected chi connectivity index (χ3v) is 11.5. The Morgan fingerprint density at radius 1 is 0.870 bits per heavy atom. The van der Waals surface area contributed by atoms with Crippen molar-refractivity contribution in [2.24, 2.45) is 0 Å². The molecule has 3 heterocycles. The first-order chi connectivity index (χ1) is 26.3. The van der Waals surface area contributed by atoms with E-state index in [1.54, 1.807) is 18.5 Å². The van der Waals surface area contributed by atoms with Gasteiger partial charge in [-0.2, -0.15) is 0 Å². The molecule has 0 radical (unpaired) electrons. The van der Waals surface area contributed by atoms with Crippen LogP contribution in [0.25, 0.3) is 22.0 Å². The highest BCUT2D eigenvalue weighted by Crippen LogP contribution is 2.33. The number of hydrogen-bond donors (Lipinski definition) is 2. The molecule has 11 nitrogen and oxygen atoms in total. The molecular formula is C41H48ClN9O2S. The first kappa shape index (κ1) is 37.8. The number of nitrogens with zero attached hydrogens (tertiary/aromatic N) is 7. The maximum absolute atomic E-state index is 12.0. The Hall–Kier alpha value is -4.46. The monoisotopic (exact) mass is 765 g/mol. The lowest BCUT2D eigenvalue weighted by molar-refractivity contribution is -0.384. The van der Waals surface area contributed by atoms with Crippen LogP contribution >= 0.6 is 23.5 Å². The summed E-state index contributed by atoms with van der Waals surface area (Å²) in [7, 11) is 0. The lowest BCUT2D eigenvalue weighted by Crippen LogP contribution is -2.49. The van der Waals surface area contributed by atoms with Gasteiger partial charge < -0.3 is 19.8 Å². The van der Waals surface area contributed by atoms with Crippen molar-refractivity contribution >= 4 is 57.3 Å².